The molecule has 1 N–H and O–H groups in total. The molecule has 0 saturated carbocycles. The quantitative estimate of drug-likeness (QED) is 0.680. The molecule has 2 fully saturated rings. The number of rotatable bonds is 4. The van der Waals surface area contributed by atoms with E-state index in [0.29, 0.717) is 18.7 Å². The summed E-state index contributed by atoms with van der Waals surface area (Å²) in [4.78, 5) is 42.1. The molecular formula is C18H24N4O5S. The van der Waals surface area contributed by atoms with Crippen LogP contribution >= 0.6 is 0 Å². The Morgan fingerprint density at radius 1 is 1.14 bits per heavy atom. The van der Waals surface area contributed by atoms with Crippen LogP contribution in [0.5, 0.6) is 0 Å². The van der Waals surface area contributed by atoms with E-state index in [0.717, 1.165) is 19.3 Å². The standard InChI is InChI=1S/C18H24N4O5S/c1-20-5-7-21(8-6-20)18(25)15-9-14(28(2,26)27)4-3-13(15)11-22-12-16(23)19-10-17(22)24/h3-4,9H,5-8,10-12H2,1-2H3,(H,19,23). The van der Waals surface area contributed by atoms with E-state index in [1.54, 1.807) is 11.0 Å². The molecule has 0 unspecified atom stereocenters. The minimum absolute atomic E-state index is 0.0523. The predicted molar refractivity (Wildman–Crippen MR) is 101 cm³/mol. The lowest BCUT2D eigenvalue weighted by molar-refractivity contribution is -0.141. The van der Waals surface area contributed by atoms with Gasteiger partial charge in [0.1, 0.15) is 0 Å². The van der Waals surface area contributed by atoms with Gasteiger partial charge < -0.3 is 20.0 Å². The first-order valence-corrected chi connectivity index (χ1v) is 10.9. The van der Waals surface area contributed by atoms with E-state index >= 15 is 0 Å². The molecule has 0 aliphatic carbocycles. The summed E-state index contributed by atoms with van der Waals surface area (Å²) in [6.45, 7) is 2.46. The minimum atomic E-state index is -3.49. The van der Waals surface area contributed by atoms with Gasteiger partial charge in [0.2, 0.25) is 11.8 Å². The van der Waals surface area contributed by atoms with Crippen molar-refractivity contribution in [2.45, 2.75) is 11.4 Å². The van der Waals surface area contributed by atoms with Gasteiger partial charge in [-0.25, -0.2) is 8.42 Å². The number of amides is 3. The van der Waals surface area contributed by atoms with Crippen LogP contribution in [0.25, 0.3) is 0 Å². The maximum Gasteiger partial charge on any atom is 0.254 e. The maximum absolute atomic E-state index is 13.1. The van der Waals surface area contributed by atoms with E-state index in [-0.39, 0.29) is 47.8 Å². The van der Waals surface area contributed by atoms with Gasteiger partial charge in [0.05, 0.1) is 18.0 Å². The van der Waals surface area contributed by atoms with Gasteiger partial charge in [-0.2, -0.15) is 0 Å². The highest BCUT2D eigenvalue weighted by Crippen LogP contribution is 2.21. The number of hydrogen-bond donors (Lipinski definition) is 1. The fraction of sp³-hybridized carbons (Fsp3) is 0.500. The van der Waals surface area contributed by atoms with E-state index in [1.807, 2.05) is 7.05 Å². The molecule has 152 valence electrons. The Labute approximate surface area is 164 Å². The number of likely N-dealkylation sites (N-methyl/N-ethyl adjacent to an activating group) is 1. The zero-order valence-electron chi connectivity index (χ0n) is 16.0. The molecule has 0 aromatic heterocycles. The molecule has 9 nitrogen and oxygen atoms in total. The zero-order chi connectivity index (χ0) is 20.5. The summed E-state index contributed by atoms with van der Waals surface area (Å²) in [7, 11) is -1.51. The van der Waals surface area contributed by atoms with Crippen molar-refractivity contribution in [3.63, 3.8) is 0 Å². The molecule has 10 heteroatoms. The molecule has 0 atom stereocenters. The number of carbonyl (C=O) groups excluding carboxylic acids is 3. The van der Waals surface area contributed by atoms with E-state index in [1.165, 1.54) is 17.0 Å². The number of piperazine rings is 2. The first-order chi connectivity index (χ1) is 13.1. The number of nitrogens with one attached hydrogen (secondary N) is 1. The van der Waals surface area contributed by atoms with Crippen LogP contribution in [0.15, 0.2) is 23.1 Å². The molecule has 0 bridgehead atoms. The smallest absolute Gasteiger partial charge is 0.254 e. The van der Waals surface area contributed by atoms with E-state index in [2.05, 4.69) is 10.2 Å². The van der Waals surface area contributed by atoms with Crippen molar-refractivity contribution in [1.29, 1.82) is 0 Å². The first kappa shape index (κ1) is 20.3. The van der Waals surface area contributed by atoms with Gasteiger partial charge in [-0.15, -0.1) is 0 Å². The second-order valence-electron chi connectivity index (χ2n) is 7.21. The van der Waals surface area contributed by atoms with Gasteiger partial charge in [0, 0.05) is 44.5 Å². The van der Waals surface area contributed by atoms with Crippen LogP contribution in [-0.4, -0.2) is 93.4 Å². The number of sulfone groups is 1. The van der Waals surface area contributed by atoms with Gasteiger partial charge in [0.25, 0.3) is 5.91 Å². The Hall–Kier alpha value is -2.46. The normalized spacial score (nSPS) is 18.9. The van der Waals surface area contributed by atoms with Crippen LogP contribution in [0.4, 0.5) is 0 Å². The molecule has 2 aliphatic rings. The maximum atomic E-state index is 13.1. The summed E-state index contributed by atoms with van der Waals surface area (Å²) in [6.07, 6.45) is 1.09. The van der Waals surface area contributed by atoms with Gasteiger partial charge >= 0.3 is 0 Å². The third kappa shape index (κ3) is 4.50. The summed E-state index contributed by atoms with van der Waals surface area (Å²) in [5, 5.41) is 2.48. The van der Waals surface area contributed by atoms with Gasteiger partial charge in [-0.3, -0.25) is 14.4 Å². The summed E-state index contributed by atoms with van der Waals surface area (Å²) < 4.78 is 23.9. The molecular weight excluding hydrogens is 384 g/mol. The average molecular weight is 408 g/mol. The molecule has 2 aliphatic heterocycles. The van der Waals surface area contributed by atoms with E-state index in [4.69, 9.17) is 0 Å². The number of nitrogens with zero attached hydrogens (tertiary/aromatic N) is 3. The SMILES string of the molecule is CN1CCN(C(=O)c2cc(S(C)(=O)=O)ccc2CN2CC(=O)NCC2=O)CC1. The Bertz CT molecular complexity index is 907. The lowest BCUT2D eigenvalue weighted by Gasteiger charge is -2.33. The molecule has 0 radical (unpaired) electrons. The van der Waals surface area contributed by atoms with Gasteiger partial charge in [-0.05, 0) is 24.7 Å². The van der Waals surface area contributed by atoms with Crippen molar-refractivity contribution in [1.82, 2.24) is 20.0 Å². The van der Waals surface area contributed by atoms with Crippen molar-refractivity contribution >= 4 is 27.6 Å². The largest absolute Gasteiger partial charge is 0.345 e. The van der Waals surface area contributed by atoms with Crippen LogP contribution in [0.1, 0.15) is 15.9 Å². The van der Waals surface area contributed by atoms with Gasteiger partial charge in [0.15, 0.2) is 9.84 Å². The van der Waals surface area contributed by atoms with Crippen molar-refractivity contribution in [2.75, 3.05) is 52.6 Å². The number of carbonyl (C=O) groups is 3. The zero-order valence-corrected chi connectivity index (χ0v) is 16.8. The highest BCUT2D eigenvalue weighted by Gasteiger charge is 2.27. The van der Waals surface area contributed by atoms with E-state index in [9.17, 15) is 22.8 Å². The third-order valence-electron chi connectivity index (χ3n) is 5.02. The molecule has 2 heterocycles. The topological polar surface area (TPSA) is 107 Å². The molecule has 1 aromatic carbocycles. The van der Waals surface area contributed by atoms with Crippen LogP contribution in [0.2, 0.25) is 0 Å². The molecule has 3 amide bonds. The highest BCUT2D eigenvalue weighted by molar-refractivity contribution is 7.90. The Kier molecular flexibility index (Phi) is 5.71. The van der Waals surface area contributed by atoms with Crippen molar-refractivity contribution < 1.29 is 22.8 Å². The third-order valence-corrected chi connectivity index (χ3v) is 6.13. The van der Waals surface area contributed by atoms with Crippen LogP contribution in [-0.2, 0) is 26.0 Å². The van der Waals surface area contributed by atoms with Crippen LogP contribution in [0, 0.1) is 0 Å². The number of benzene rings is 1. The average Bonchev–Trinajstić information content (AvgIpc) is 2.64. The second kappa shape index (κ2) is 7.88. The van der Waals surface area contributed by atoms with Gasteiger partial charge in [-0.1, -0.05) is 6.07 Å². The molecule has 3 rings (SSSR count). The predicted octanol–water partition coefficient (Wildman–Crippen LogP) is -1.06. The molecule has 2 saturated heterocycles. The monoisotopic (exact) mass is 408 g/mol. The van der Waals surface area contributed by atoms with Crippen LogP contribution in [0.3, 0.4) is 0 Å². The minimum Gasteiger partial charge on any atom is -0.345 e. The highest BCUT2D eigenvalue weighted by atomic mass is 32.2. The van der Waals surface area contributed by atoms with Crippen molar-refractivity contribution in [3.8, 4) is 0 Å². The molecule has 1 aromatic rings. The van der Waals surface area contributed by atoms with Crippen molar-refractivity contribution in [2.24, 2.45) is 0 Å². The van der Waals surface area contributed by atoms with E-state index < -0.39 is 9.84 Å². The van der Waals surface area contributed by atoms with Crippen LogP contribution < -0.4 is 5.32 Å². The molecule has 0 spiro atoms. The lowest BCUT2D eigenvalue weighted by Crippen LogP contribution is -2.51. The summed E-state index contributed by atoms with van der Waals surface area (Å²) in [6, 6.07) is 4.36. The Balaban J connectivity index is 1.93. The molecule has 28 heavy (non-hydrogen) atoms. The lowest BCUT2D eigenvalue weighted by atomic mass is 10.0. The Morgan fingerprint density at radius 2 is 1.82 bits per heavy atom. The fourth-order valence-corrected chi connectivity index (χ4v) is 3.90. The summed E-state index contributed by atoms with van der Waals surface area (Å²) >= 11 is 0. The Morgan fingerprint density at radius 3 is 2.46 bits per heavy atom. The summed E-state index contributed by atoms with van der Waals surface area (Å²) in [5.41, 5.74) is 0.783. The summed E-state index contributed by atoms with van der Waals surface area (Å²) in [5.74, 6) is -0.772. The second-order valence-corrected chi connectivity index (χ2v) is 9.23. The first-order valence-electron chi connectivity index (χ1n) is 9.00. The van der Waals surface area contributed by atoms with Crippen molar-refractivity contribution in [3.05, 3.63) is 29.3 Å². The fourth-order valence-electron chi connectivity index (χ4n) is 3.26. The number of hydrogen-bond acceptors (Lipinski definition) is 6.